The number of hydrogen-bond acceptors (Lipinski definition) is 3. The molecule has 15 heavy (non-hydrogen) atoms. The summed E-state index contributed by atoms with van der Waals surface area (Å²) in [5.41, 5.74) is 0.185. The fourth-order valence-electron chi connectivity index (χ4n) is 1.29. The Balaban J connectivity index is 2.34. The lowest BCUT2D eigenvalue weighted by Crippen LogP contribution is -2.40. The molecular weight excluding hydrogens is 186 g/mol. The van der Waals surface area contributed by atoms with Crippen LogP contribution in [-0.2, 0) is 0 Å². The molecule has 3 nitrogen and oxygen atoms in total. The van der Waals surface area contributed by atoms with Gasteiger partial charge in [-0.25, -0.2) is 4.98 Å². The Hall–Kier alpha value is -1.09. The van der Waals surface area contributed by atoms with E-state index in [1.807, 2.05) is 24.4 Å². The van der Waals surface area contributed by atoms with Crippen molar-refractivity contribution in [1.29, 1.82) is 0 Å². The largest absolute Gasteiger partial charge is 0.358 e. The van der Waals surface area contributed by atoms with E-state index in [2.05, 4.69) is 43.0 Å². The molecule has 0 unspecified atom stereocenters. The fraction of sp³-hybridized carbons (Fsp3) is 0.583. The SMILES string of the molecule is CN(CCNC(C)(C)C)c1ccccn1. The molecule has 0 radical (unpaired) electrons. The summed E-state index contributed by atoms with van der Waals surface area (Å²) < 4.78 is 0. The average molecular weight is 207 g/mol. The number of hydrogen-bond donors (Lipinski definition) is 1. The molecule has 0 saturated heterocycles. The molecule has 3 heteroatoms. The van der Waals surface area contributed by atoms with Gasteiger partial charge in [-0.1, -0.05) is 6.07 Å². The van der Waals surface area contributed by atoms with Gasteiger partial charge >= 0.3 is 0 Å². The highest BCUT2D eigenvalue weighted by Gasteiger charge is 2.08. The summed E-state index contributed by atoms with van der Waals surface area (Å²) in [6.45, 7) is 8.46. The van der Waals surface area contributed by atoms with Gasteiger partial charge in [-0.2, -0.15) is 0 Å². The first-order valence-corrected chi connectivity index (χ1v) is 5.36. The summed E-state index contributed by atoms with van der Waals surface area (Å²) in [4.78, 5) is 6.44. The van der Waals surface area contributed by atoms with E-state index >= 15 is 0 Å². The van der Waals surface area contributed by atoms with Crippen molar-refractivity contribution in [1.82, 2.24) is 10.3 Å². The molecule has 84 valence electrons. The monoisotopic (exact) mass is 207 g/mol. The molecule has 0 atom stereocenters. The number of nitrogens with one attached hydrogen (secondary N) is 1. The van der Waals surface area contributed by atoms with Gasteiger partial charge in [0.2, 0.25) is 0 Å². The Morgan fingerprint density at radius 1 is 1.33 bits per heavy atom. The van der Waals surface area contributed by atoms with Crippen LogP contribution in [0.4, 0.5) is 5.82 Å². The summed E-state index contributed by atoms with van der Waals surface area (Å²) >= 11 is 0. The molecular formula is C12H21N3. The topological polar surface area (TPSA) is 28.2 Å². The van der Waals surface area contributed by atoms with Crippen LogP contribution < -0.4 is 10.2 Å². The van der Waals surface area contributed by atoms with Gasteiger partial charge in [-0.15, -0.1) is 0 Å². The van der Waals surface area contributed by atoms with Crippen LogP contribution in [0, 0.1) is 0 Å². The van der Waals surface area contributed by atoms with E-state index in [1.54, 1.807) is 0 Å². The minimum atomic E-state index is 0.185. The van der Waals surface area contributed by atoms with Crippen molar-refractivity contribution in [2.75, 3.05) is 25.0 Å². The van der Waals surface area contributed by atoms with Gasteiger partial charge in [0, 0.05) is 31.9 Å². The third-order valence-electron chi connectivity index (χ3n) is 2.14. The van der Waals surface area contributed by atoms with Crippen molar-refractivity contribution < 1.29 is 0 Å². The van der Waals surface area contributed by atoms with Crippen LogP contribution in [0.15, 0.2) is 24.4 Å². The number of aromatic nitrogens is 1. The minimum absolute atomic E-state index is 0.185. The summed E-state index contributed by atoms with van der Waals surface area (Å²) in [5.74, 6) is 1.02. The van der Waals surface area contributed by atoms with Gasteiger partial charge in [-0.05, 0) is 32.9 Å². The molecule has 0 fully saturated rings. The molecule has 0 saturated carbocycles. The Kier molecular flexibility index (Phi) is 4.09. The predicted octanol–water partition coefficient (Wildman–Crippen LogP) is 1.91. The molecule has 1 N–H and O–H groups in total. The third kappa shape index (κ3) is 4.79. The molecule has 0 aliphatic heterocycles. The second kappa shape index (κ2) is 5.12. The highest BCUT2D eigenvalue weighted by molar-refractivity contribution is 5.36. The predicted molar refractivity (Wildman–Crippen MR) is 65.3 cm³/mol. The molecule has 0 aliphatic rings. The smallest absolute Gasteiger partial charge is 0.128 e. The van der Waals surface area contributed by atoms with Crippen molar-refractivity contribution in [3.05, 3.63) is 24.4 Å². The minimum Gasteiger partial charge on any atom is -0.358 e. The third-order valence-corrected chi connectivity index (χ3v) is 2.14. The van der Waals surface area contributed by atoms with Gasteiger partial charge in [0.25, 0.3) is 0 Å². The van der Waals surface area contributed by atoms with E-state index in [0.29, 0.717) is 0 Å². The van der Waals surface area contributed by atoms with Gasteiger partial charge in [0.15, 0.2) is 0 Å². The second-order valence-corrected chi connectivity index (χ2v) is 4.79. The Bertz CT molecular complexity index is 277. The first-order valence-electron chi connectivity index (χ1n) is 5.36. The zero-order valence-electron chi connectivity index (χ0n) is 10.1. The van der Waals surface area contributed by atoms with Gasteiger partial charge in [-0.3, -0.25) is 0 Å². The normalized spacial score (nSPS) is 11.5. The van der Waals surface area contributed by atoms with E-state index < -0.39 is 0 Å². The molecule has 0 spiro atoms. The lowest BCUT2D eigenvalue weighted by atomic mass is 10.1. The number of rotatable bonds is 4. The van der Waals surface area contributed by atoms with Gasteiger partial charge in [0.1, 0.15) is 5.82 Å². The maximum atomic E-state index is 4.29. The average Bonchev–Trinajstić information content (AvgIpc) is 2.17. The molecule has 1 heterocycles. The first kappa shape index (κ1) is 12.0. The van der Waals surface area contributed by atoms with Crippen molar-refractivity contribution in [2.24, 2.45) is 0 Å². The quantitative estimate of drug-likeness (QED) is 0.817. The number of nitrogens with zero attached hydrogens (tertiary/aromatic N) is 2. The summed E-state index contributed by atoms with van der Waals surface area (Å²) in [7, 11) is 2.06. The summed E-state index contributed by atoms with van der Waals surface area (Å²) in [5, 5.41) is 3.45. The van der Waals surface area contributed by atoms with Crippen LogP contribution in [0.1, 0.15) is 20.8 Å². The second-order valence-electron chi connectivity index (χ2n) is 4.79. The zero-order valence-corrected chi connectivity index (χ0v) is 10.1. The maximum Gasteiger partial charge on any atom is 0.128 e. The van der Waals surface area contributed by atoms with Crippen molar-refractivity contribution in [3.63, 3.8) is 0 Å². The molecule has 0 aromatic carbocycles. The Labute approximate surface area is 92.5 Å². The lowest BCUT2D eigenvalue weighted by molar-refractivity contribution is 0.430. The Morgan fingerprint density at radius 3 is 2.60 bits per heavy atom. The van der Waals surface area contributed by atoms with E-state index in [0.717, 1.165) is 18.9 Å². The number of likely N-dealkylation sites (N-methyl/N-ethyl adjacent to an activating group) is 1. The van der Waals surface area contributed by atoms with Crippen LogP contribution in [0.2, 0.25) is 0 Å². The summed E-state index contributed by atoms with van der Waals surface area (Å²) in [6, 6.07) is 5.97. The zero-order chi connectivity index (χ0) is 11.3. The van der Waals surface area contributed by atoms with Crippen LogP contribution in [0.25, 0.3) is 0 Å². The fourth-order valence-corrected chi connectivity index (χ4v) is 1.29. The molecule has 1 rings (SSSR count). The molecule has 0 bridgehead atoms. The van der Waals surface area contributed by atoms with E-state index in [4.69, 9.17) is 0 Å². The van der Waals surface area contributed by atoms with Gasteiger partial charge < -0.3 is 10.2 Å². The highest BCUT2D eigenvalue weighted by Crippen LogP contribution is 2.05. The standard InChI is InChI=1S/C12H21N3/c1-12(2,3)14-9-10-15(4)11-7-5-6-8-13-11/h5-8,14H,9-10H2,1-4H3. The van der Waals surface area contributed by atoms with Crippen LogP contribution in [-0.4, -0.2) is 30.7 Å². The number of anilines is 1. The summed E-state index contributed by atoms with van der Waals surface area (Å²) in [6.07, 6.45) is 1.82. The first-order chi connectivity index (χ1) is 6.99. The molecule has 1 aromatic heterocycles. The highest BCUT2D eigenvalue weighted by atomic mass is 15.2. The van der Waals surface area contributed by atoms with E-state index in [-0.39, 0.29) is 5.54 Å². The maximum absolute atomic E-state index is 4.29. The van der Waals surface area contributed by atoms with Crippen molar-refractivity contribution in [3.8, 4) is 0 Å². The van der Waals surface area contributed by atoms with Gasteiger partial charge in [0.05, 0.1) is 0 Å². The van der Waals surface area contributed by atoms with Crippen LogP contribution in [0.3, 0.4) is 0 Å². The van der Waals surface area contributed by atoms with E-state index in [9.17, 15) is 0 Å². The van der Waals surface area contributed by atoms with Crippen LogP contribution in [0.5, 0.6) is 0 Å². The molecule has 1 aromatic rings. The molecule has 0 aliphatic carbocycles. The van der Waals surface area contributed by atoms with Crippen molar-refractivity contribution >= 4 is 5.82 Å². The Morgan fingerprint density at radius 2 is 2.07 bits per heavy atom. The number of pyridine rings is 1. The van der Waals surface area contributed by atoms with Crippen LogP contribution >= 0.6 is 0 Å². The lowest BCUT2D eigenvalue weighted by Gasteiger charge is -2.24. The molecule has 0 amide bonds. The van der Waals surface area contributed by atoms with E-state index in [1.165, 1.54) is 0 Å². The van der Waals surface area contributed by atoms with Crippen molar-refractivity contribution in [2.45, 2.75) is 26.3 Å².